The van der Waals surface area contributed by atoms with Crippen molar-refractivity contribution in [2.24, 2.45) is 5.73 Å². The highest BCUT2D eigenvalue weighted by Gasteiger charge is 2.03. The Morgan fingerprint density at radius 3 is 2.38 bits per heavy atom. The van der Waals surface area contributed by atoms with Gasteiger partial charge < -0.3 is 26.8 Å². The van der Waals surface area contributed by atoms with Crippen LogP contribution in [0.5, 0.6) is 0 Å². The van der Waals surface area contributed by atoms with Gasteiger partial charge >= 0.3 is 0 Å². The van der Waals surface area contributed by atoms with Crippen LogP contribution in [0.3, 0.4) is 0 Å². The molecular formula is C7H16N4O2. The standard InChI is InChI=1S/C7H16N4O2/c1-9-7(10-2)5(4-12)11-3-6(8)13/h4,6,9-11,13H,3,8H2,1-2H3. The van der Waals surface area contributed by atoms with Gasteiger partial charge in [0, 0.05) is 14.1 Å². The van der Waals surface area contributed by atoms with Crippen molar-refractivity contribution in [2.75, 3.05) is 20.6 Å². The van der Waals surface area contributed by atoms with Crippen LogP contribution in [0.25, 0.3) is 0 Å². The average Bonchev–Trinajstić information content (AvgIpc) is 2.11. The van der Waals surface area contributed by atoms with Crippen LogP contribution in [0.15, 0.2) is 11.5 Å². The van der Waals surface area contributed by atoms with E-state index in [1.165, 1.54) is 0 Å². The third-order valence-electron chi connectivity index (χ3n) is 1.39. The molecule has 0 aromatic heterocycles. The number of aliphatic hydroxyl groups is 1. The molecule has 0 aliphatic heterocycles. The highest BCUT2D eigenvalue weighted by atomic mass is 16.3. The van der Waals surface area contributed by atoms with E-state index in [1.807, 2.05) is 0 Å². The van der Waals surface area contributed by atoms with E-state index < -0.39 is 6.23 Å². The second-order valence-corrected chi connectivity index (χ2v) is 2.35. The van der Waals surface area contributed by atoms with E-state index in [0.29, 0.717) is 17.8 Å². The normalized spacial score (nSPS) is 11.4. The van der Waals surface area contributed by atoms with Gasteiger partial charge in [-0.05, 0) is 0 Å². The monoisotopic (exact) mass is 188 g/mol. The van der Waals surface area contributed by atoms with Crippen molar-refractivity contribution >= 4 is 6.29 Å². The molecule has 0 amide bonds. The lowest BCUT2D eigenvalue weighted by Gasteiger charge is -2.12. The van der Waals surface area contributed by atoms with Crippen molar-refractivity contribution in [1.29, 1.82) is 0 Å². The van der Waals surface area contributed by atoms with Crippen molar-refractivity contribution in [3.63, 3.8) is 0 Å². The highest BCUT2D eigenvalue weighted by Crippen LogP contribution is 1.88. The quantitative estimate of drug-likeness (QED) is 0.182. The predicted molar refractivity (Wildman–Crippen MR) is 49.4 cm³/mol. The molecule has 1 unspecified atom stereocenters. The van der Waals surface area contributed by atoms with Crippen LogP contribution in [-0.4, -0.2) is 38.3 Å². The Morgan fingerprint density at radius 1 is 1.54 bits per heavy atom. The van der Waals surface area contributed by atoms with E-state index in [9.17, 15) is 4.79 Å². The molecule has 0 aromatic rings. The summed E-state index contributed by atoms with van der Waals surface area (Å²) in [4.78, 5) is 10.6. The van der Waals surface area contributed by atoms with E-state index in [-0.39, 0.29) is 6.54 Å². The van der Waals surface area contributed by atoms with Gasteiger partial charge in [0.2, 0.25) is 0 Å². The van der Waals surface area contributed by atoms with E-state index in [1.54, 1.807) is 14.1 Å². The fourth-order valence-corrected chi connectivity index (χ4v) is 0.798. The van der Waals surface area contributed by atoms with Gasteiger partial charge in [0.1, 0.15) is 17.7 Å². The van der Waals surface area contributed by atoms with Gasteiger partial charge in [-0.15, -0.1) is 0 Å². The topological polar surface area (TPSA) is 99.4 Å². The number of aldehydes is 1. The minimum Gasteiger partial charge on any atom is -0.377 e. The molecule has 0 heterocycles. The van der Waals surface area contributed by atoms with Gasteiger partial charge in [-0.3, -0.25) is 4.79 Å². The SMILES string of the molecule is CNC(NC)=C(C=O)NCC(N)O. The summed E-state index contributed by atoms with van der Waals surface area (Å²) in [6.07, 6.45) is -0.338. The molecule has 0 bridgehead atoms. The Morgan fingerprint density at radius 2 is 2.08 bits per heavy atom. The first-order chi connectivity index (χ1) is 6.15. The zero-order chi connectivity index (χ0) is 10.3. The van der Waals surface area contributed by atoms with Crippen molar-refractivity contribution in [1.82, 2.24) is 16.0 Å². The Hall–Kier alpha value is -1.27. The molecule has 6 heteroatoms. The van der Waals surface area contributed by atoms with Gasteiger partial charge in [0.15, 0.2) is 6.29 Å². The molecular weight excluding hydrogens is 172 g/mol. The average molecular weight is 188 g/mol. The maximum absolute atomic E-state index is 10.6. The maximum Gasteiger partial charge on any atom is 0.169 e. The van der Waals surface area contributed by atoms with Gasteiger partial charge in [0.25, 0.3) is 0 Å². The lowest BCUT2D eigenvalue weighted by Crippen LogP contribution is -2.36. The molecule has 6 nitrogen and oxygen atoms in total. The van der Waals surface area contributed by atoms with Gasteiger partial charge in [-0.1, -0.05) is 0 Å². The van der Waals surface area contributed by atoms with Crippen molar-refractivity contribution in [3.8, 4) is 0 Å². The Bertz CT molecular complexity index is 185. The summed E-state index contributed by atoms with van der Waals surface area (Å²) >= 11 is 0. The summed E-state index contributed by atoms with van der Waals surface area (Å²) in [7, 11) is 3.35. The minimum atomic E-state index is -0.982. The second-order valence-electron chi connectivity index (χ2n) is 2.35. The van der Waals surface area contributed by atoms with Crippen molar-refractivity contribution in [2.45, 2.75) is 6.23 Å². The van der Waals surface area contributed by atoms with E-state index in [2.05, 4.69) is 16.0 Å². The number of hydrogen-bond donors (Lipinski definition) is 5. The molecule has 76 valence electrons. The molecule has 0 radical (unpaired) electrons. The van der Waals surface area contributed by atoms with E-state index in [4.69, 9.17) is 10.8 Å². The molecule has 0 aliphatic carbocycles. The van der Waals surface area contributed by atoms with Crippen LogP contribution in [0.2, 0.25) is 0 Å². The van der Waals surface area contributed by atoms with Crippen molar-refractivity contribution < 1.29 is 9.90 Å². The Kier molecular flexibility index (Phi) is 5.66. The molecule has 0 spiro atoms. The molecule has 1 atom stereocenters. The number of nitrogens with two attached hydrogens (primary N) is 1. The van der Waals surface area contributed by atoms with E-state index >= 15 is 0 Å². The molecule has 0 fully saturated rings. The smallest absolute Gasteiger partial charge is 0.169 e. The first-order valence-corrected chi connectivity index (χ1v) is 3.88. The molecule has 0 rings (SSSR count). The van der Waals surface area contributed by atoms with Gasteiger partial charge in [0.05, 0.1) is 6.54 Å². The van der Waals surface area contributed by atoms with Gasteiger partial charge in [-0.2, -0.15) is 0 Å². The third kappa shape index (κ3) is 4.34. The number of allylic oxidation sites excluding steroid dienone is 1. The number of aliphatic hydroxyl groups excluding tert-OH is 1. The molecule has 0 aliphatic rings. The molecule has 13 heavy (non-hydrogen) atoms. The summed E-state index contributed by atoms with van der Waals surface area (Å²) in [5.41, 5.74) is 5.42. The summed E-state index contributed by atoms with van der Waals surface area (Å²) in [5, 5.41) is 17.0. The zero-order valence-corrected chi connectivity index (χ0v) is 7.79. The minimum absolute atomic E-state index is 0.126. The molecule has 0 aromatic carbocycles. The Balaban J connectivity index is 4.29. The maximum atomic E-state index is 10.6. The second kappa shape index (κ2) is 6.27. The van der Waals surface area contributed by atoms with Crippen LogP contribution in [0.4, 0.5) is 0 Å². The number of carbonyl (C=O) groups excluding carboxylic acids is 1. The van der Waals surface area contributed by atoms with Crippen LogP contribution in [0, 0.1) is 0 Å². The number of rotatable bonds is 6. The lowest BCUT2D eigenvalue weighted by molar-refractivity contribution is -0.105. The number of carbonyl (C=O) groups is 1. The van der Waals surface area contributed by atoms with Gasteiger partial charge in [-0.25, -0.2) is 0 Å². The summed E-state index contributed by atoms with van der Waals surface area (Å²) in [6, 6.07) is 0. The number of nitrogens with one attached hydrogen (secondary N) is 3. The summed E-state index contributed by atoms with van der Waals surface area (Å²) in [5.74, 6) is 0.552. The van der Waals surface area contributed by atoms with E-state index in [0.717, 1.165) is 0 Å². The van der Waals surface area contributed by atoms with Crippen LogP contribution in [0.1, 0.15) is 0 Å². The summed E-state index contributed by atoms with van der Waals surface area (Å²) < 4.78 is 0. The van der Waals surface area contributed by atoms with Crippen molar-refractivity contribution in [3.05, 3.63) is 11.5 Å². The Labute approximate surface area is 77.2 Å². The fraction of sp³-hybridized carbons (Fsp3) is 0.571. The molecule has 0 saturated carbocycles. The highest BCUT2D eigenvalue weighted by molar-refractivity contribution is 5.73. The predicted octanol–water partition coefficient (Wildman–Crippen LogP) is -2.34. The van der Waals surface area contributed by atoms with Crippen LogP contribution in [-0.2, 0) is 4.79 Å². The van der Waals surface area contributed by atoms with Crippen LogP contribution < -0.4 is 21.7 Å². The molecule has 0 saturated heterocycles. The first-order valence-electron chi connectivity index (χ1n) is 3.88. The zero-order valence-electron chi connectivity index (χ0n) is 7.79. The lowest BCUT2D eigenvalue weighted by atomic mass is 10.4. The fourth-order valence-electron chi connectivity index (χ4n) is 0.798. The number of hydrogen-bond acceptors (Lipinski definition) is 6. The van der Waals surface area contributed by atoms with Crippen LogP contribution >= 0.6 is 0 Å². The third-order valence-corrected chi connectivity index (χ3v) is 1.39. The largest absolute Gasteiger partial charge is 0.377 e. The molecule has 6 N–H and O–H groups in total. The summed E-state index contributed by atoms with van der Waals surface area (Å²) in [6.45, 7) is 0.126. The first kappa shape index (κ1) is 11.7.